The van der Waals surface area contributed by atoms with E-state index in [9.17, 15) is 14.4 Å². The Hall–Kier alpha value is -4.45. The van der Waals surface area contributed by atoms with Crippen molar-refractivity contribution < 1.29 is 28.6 Å². The van der Waals surface area contributed by atoms with E-state index in [4.69, 9.17) is 14.2 Å². The van der Waals surface area contributed by atoms with E-state index >= 15 is 0 Å². The van der Waals surface area contributed by atoms with Crippen molar-refractivity contribution in [2.24, 2.45) is 0 Å². The Labute approximate surface area is 475 Å². The molecule has 0 spiro atoms. The Kier molecular flexibility index (Phi) is 60.4. The molecule has 0 saturated heterocycles. The lowest BCUT2D eigenvalue weighted by atomic mass is 10.1. The van der Waals surface area contributed by atoms with Crippen LogP contribution >= 0.6 is 0 Å². The quantitative estimate of drug-likeness (QED) is 0.0261. The summed E-state index contributed by atoms with van der Waals surface area (Å²) in [7, 11) is 0. The Morgan fingerprint density at radius 3 is 0.792 bits per heavy atom. The van der Waals surface area contributed by atoms with E-state index in [0.29, 0.717) is 19.3 Å². The van der Waals surface area contributed by atoms with Gasteiger partial charge in [-0.15, -0.1) is 0 Å². The Bertz CT molecular complexity index is 1650. The van der Waals surface area contributed by atoms with Crippen LogP contribution < -0.4 is 0 Å². The monoisotopic (exact) mass is 1060 g/mol. The molecular formula is C71H116O6. The summed E-state index contributed by atoms with van der Waals surface area (Å²) in [6.07, 6.45) is 90.1. The standard InChI is InChI=1S/C71H116O6/c1-4-7-10-13-16-19-22-25-28-31-33-34-35-36-38-40-43-46-49-52-55-58-61-64-70(73)76-67-68(66-75-69(72)63-60-57-54-51-48-45-42-39-30-27-24-21-18-15-12-9-6-3)77-71(74)65-62-59-56-53-50-47-44-41-37-32-29-26-23-20-17-14-11-8-5-2/h7,9-10,12,16-21,25-30,33-34,36,38,43,46,68H,4-6,8,11,13-15,22-24,31-32,35,37,39-42,44-45,47-67H2,1-3H3/b10-7-,12-9-,19-16-,20-17-,21-18-,28-25-,29-26-,30-27-,34-33-,38-36-,46-43-. The molecule has 0 aliphatic carbocycles. The molecule has 6 heteroatoms. The number of rotatable bonds is 56. The highest BCUT2D eigenvalue weighted by Crippen LogP contribution is 2.15. The molecule has 436 valence electrons. The lowest BCUT2D eigenvalue weighted by molar-refractivity contribution is -0.167. The maximum atomic E-state index is 12.9. The molecular weight excluding hydrogens is 949 g/mol. The zero-order valence-electron chi connectivity index (χ0n) is 49.9. The minimum absolute atomic E-state index is 0.0969. The summed E-state index contributed by atoms with van der Waals surface area (Å²) >= 11 is 0. The molecule has 0 radical (unpaired) electrons. The normalized spacial score (nSPS) is 13.0. The van der Waals surface area contributed by atoms with Gasteiger partial charge in [0.25, 0.3) is 0 Å². The van der Waals surface area contributed by atoms with Gasteiger partial charge in [-0.05, 0) is 135 Å². The lowest BCUT2D eigenvalue weighted by Crippen LogP contribution is -2.30. The Morgan fingerprint density at radius 2 is 0.506 bits per heavy atom. The summed E-state index contributed by atoms with van der Waals surface area (Å²) in [5, 5.41) is 0. The summed E-state index contributed by atoms with van der Waals surface area (Å²) in [4.78, 5) is 38.4. The molecule has 0 saturated carbocycles. The van der Waals surface area contributed by atoms with E-state index in [1.54, 1.807) is 0 Å². The molecule has 0 amide bonds. The zero-order chi connectivity index (χ0) is 55.7. The molecule has 0 aromatic rings. The predicted molar refractivity (Wildman–Crippen MR) is 334 cm³/mol. The van der Waals surface area contributed by atoms with Gasteiger partial charge in [0.1, 0.15) is 13.2 Å². The van der Waals surface area contributed by atoms with Crippen molar-refractivity contribution in [3.8, 4) is 0 Å². The summed E-state index contributed by atoms with van der Waals surface area (Å²) in [5.41, 5.74) is 0. The summed E-state index contributed by atoms with van der Waals surface area (Å²) in [5.74, 6) is -0.933. The van der Waals surface area contributed by atoms with Gasteiger partial charge < -0.3 is 14.2 Å². The molecule has 1 unspecified atom stereocenters. The molecule has 0 bridgehead atoms. The molecule has 0 aliphatic rings. The van der Waals surface area contributed by atoms with Crippen molar-refractivity contribution in [1.29, 1.82) is 0 Å². The second-order valence-corrected chi connectivity index (χ2v) is 20.5. The molecule has 0 rings (SSSR count). The van der Waals surface area contributed by atoms with Gasteiger partial charge in [0.15, 0.2) is 6.10 Å². The fraction of sp³-hybridized carbons (Fsp3) is 0.648. The maximum absolute atomic E-state index is 12.9. The Balaban J connectivity index is 4.47. The summed E-state index contributed by atoms with van der Waals surface area (Å²) in [6.45, 7) is 6.37. The third-order valence-electron chi connectivity index (χ3n) is 13.1. The van der Waals surface area contributed by atoms with Crippen LogP contribution in [-0.4, -0.2) is 37.2 Å². The van der Waals surface area contributed by atoms with Crippen molar-refractivity contribution >= 4 is 17.9 Å². The fourth-order valence-corrected chi connectivity index (χ4v) is 8.43. The fourth-order valence-electron chi connectivity index (χ4n) is 8.43. The summed E-state index contributed by atoms with van der Waals surface area (Å²) < 4.78 is 16.9. The second kappa shape index (κ2) is 64.1. The molecule has 0 aromatic heterocycles. The van der Waals surface area contributed by atoms with E-state index in [1.807, 2.05) is 0 Å². The van der Waals surface area contributed by atoms with Crippen LogP contribution in [-0.2, 0) is 28.6 Å². The first-order valence-corrected chi connectivity index (χ1v) is 31.7. The number of carbonyl (C=O) groups is 3. The van der Waals surface area contributed by atoms with E-state index in [2.05, 4.69) is 154 Å². The van der Waals surface area contributed by atoms with Crippen LogP contribution in [0.1, 0.15) is 278 Å². The van der Waals surface area contributed by atoms with Crippen LogP contribution in [0.25, 0.3) is 0 Å². The molecule has 0 aromatic carbocycles. The van der Waals surface area contributed by atoms with Crippen molar-refractivity contribution in [1.82, 2.24) is 0 Å². The SMILES string of the molecule is CC/C=C\C/C=C\C/C=C\C/C=C\C/C=C\C/C=C\CCCCCCC(=O)OCC(COC(=O)CCCCCCCCC/C=C\C/C=C\C/C=C\CC)OC(=O)CCCCCCCCCCC/C=C\C/C=C\CCCCC. The van der Waals surface area contributed by atoms with Gasteiger partial charge in [-0.1, -0.05) is 257 Å². The van der Waals surface area contributed by atoms with Crippen LogP contribution in [0.4, 0.5) is 0 Å². The second-order valence-electron chi connectivity index (χ2n) is 20.5. The smallest absolute Gasteiger partial charge is 0.306 e. The number of hydrogen-bond donors (Lipinski definition) is 0. The van der Waals surface area contributed by atoms with E-state index in [1.165, 1.54) is 96.3 Å². The number of allylic oxidation sites excluding steroid dienone is 22. The number of unbranched alkanes of at least 4 members (excludes halogenated alkanes) is 23. The topological polar surface area (TPSA) is 78.9 Å². The minimum Gasteiger partial charge on any atom is -0.462 e. The first-order valence-electron chi connectivity index (χ1n) is 31.7. The summed E-state index contributed by atoms with van der Waals surface area (Å²) in [6, 6.07) is 0. The number of esters is 3. The average molecular weight is 1070 g/mol. The lowest BCUT2D eigenvalue weighted by Gasteiger charge is -2.18. The average Bonchev–Trinajstić information content (AvgIpc) is 3.43. The van der Waals surface area contributed by atoms with Gasteiger partial charge in [-0.25, -0.2) is 0 Å². The first kappa shape index (κ1) is 72.5. The number of carbonyl (C=O) groups excluding carboxylic acids is 3. The van der Waals surface area contributed by atoms with Gasteiger partial charge in [-0.3, -0.25) is 14.4 Å². The molecule has 0 fully saturated rings. The minimum atomic E-state index is -0.802. The highest BCUT2D eigenvalue weighted by molar-refractivity contribution is 5.71. The van der Waals surface area contributed by atoms with Crippen molar-refractivity contribution in [3.05, 3.63) is 134 Å². The van der Waals surface area contributed by atoms with Crippen LogP contribution in [0.2, 0.25) is 0 Å². The van der Waals surface area contributed by atoms with Crippen molar-refractivity contribution in [3.63, 3.8) is 0 Å². The van der Waals surface area contributed by atoms with E-state index in [-0.39, 0.29) is 31.1 Å². The van der Waals surface area contributed by atoms with Gasteiger partial charge >= 0.3 is 17.9 Å². The molecule has 77 heavy (non-hydrogen) atoms. The third-order valence-corrected chi connectivity index (χ3v) is 13.1. The molecule has 1 atom stereocenters. The molecule has 0 heterocycles. The van der Waals surface area contributed by atoms with E-state index in [0.717, 1.165) is 141 Å². The van der Waals surface area contributed by atoms with Crippen LogP contribution in [0, 0.1) is 0 Å². The first-order chi connectivity index (χ1) is 38.0. The Morgan fingerprint density at radius 1 is 0.273 bits per heavy atom. The maximum Gasteiger partial charge on any atom is 0.306 e. The van der Waals surface area contributed by atoms with Crippen molar-refractivity contribution in [2.75, 3.05) is 13.2 Å². The highest BCUT2D eigenvalue weighted by atomic mass is 16.6. The largest absolute Gasteiger partial charge is 0.462 e. The van der Waals surface area contributed by atoms with Gasteiger partial charge in [0, 0.05) is 19.3 Å². The van der Waals surface area contributed by atoms with Crippen LogP contribution in [0.15, 0.2) is 134 Å². The van der Waals surface area contributed by atoms with Gasteiger partial charge in [-0.2, -0.15) is 0 Å². The predicted octanol–water partition coefficient (Wildman–Crippen LogP) is 21.8. The molecule has 0 N–H and O–H groups in total. The van der Waals surface area contributed by atoms with Gasteiger partial charge in [0.05, 0.1) is 0 Å². The molecule has 0 aliphatic heterocycles. The number of hydrogen-bond acceptors (Lipinski definition) is 6. The number of ether oxygens (including phenoxy) is 3. The third kappa shape index (κ3) is 62.3. The van der Waals surface area contributed by atoms with Gasteiger partial charge in [0.2, 0.25) is 0 Å². The van der Waals surface area contributed by atoms with E-state index < -0.39 is 6.10 Å². The van der Waals surface area contributed by atoms with Crippen LogP contribution in [0.3, 0.4) is 0 Å². The zero-order valence-corrected chi connectivity index (χ0v) is 49.9. The highest BCUT2D eigenvalue weighted by Gasteiger charge is 2.19. The van der Waals surface area contributed by atoms with Crippen molar-refractivity contribution in [2.45, 2.75) is 284 Å². The molecule has 6 nitrogen and oxygen atoms in total. The van der Waals surface area contributed by atoms with Crippen LogP contribution in [0.5, 0.6) is 0 Å².